The molecule has 0 atom stereocenters. The van der Waals surface area contributed by atoms with E-state index >= 15 is 0 Å². The number of carbonyl (C=O) groups is 1. The molecule has 2 nitrogen and oxygen atoms in total. The average Bonchev–Trinajstić information content (AvgIpc) is 1.98. The van der Waals surface area contributed by atoms with Gasteiger partial charge in [-0.3, -0.25) is 0 Å². The quantitative estimate of drug-likeness (QED) is 0.398. The van der Waals surface area contributed by atoms with Crippen LogP contribution in [0.5, 0.6) is 0 Å². The molecule has 0 amide bonds. The van der Waals surface area contributed by atoms with Gasteiger partial charge in [0.15, 0.2) is 6.61 Å². The lowest BCUT2D eigenvalue weighted by Crippen LogP contribution is -2.41. The fourth-order valence-electron chi connectivity index (χ4n) is 0.303. The Bertz CT molecular complexity index is 208. The first kappa shape index (κ1) is 11.9. The number of rotatable bonds is 3. The van der Waals surface area contributed by atoms with Crippen LogP contribution < -0.4 is 0 Å². The number of hydrogen-bond donors (Lipinski definition) is 0. The Morgan fingerprint density at radius 2 is 1.77 bits per heavy atom. The van der Waals surface area contributed by atoms with Crippen molar-refractivity contribution >= 4 is 5.97 Å². The Morgan fingerprint density at radius 3 is 2.08 bits per heavy atom. The molecule has 0 aromatic heterocycles. The SMILES string of the molecule is C=CC(=O)OCC(F)(F)C(F)(F)F. The predicted octanol–water partition coefficient (Wildman–Crippen LogP) is 1.91. The molecule has 0 saturated heterocycles. The number of halogens is 5. The summed E-state index contributed by atoms with van der Waals surface area (Å²) in [5.74, 6) is -6.35. The van der Waals surface area contributed by atoms with Crippen molar-refractivity contribution in [3.63, 3.8) is 0 Å². The molecule has 7 heteroatoms. The second kappa shape index (κ2) is 3.71. The van der Waals surface area contributed by atoms with Gasteiger partial charge in [-0.1, -0.05) is 6.58 Å². The zero-order chi connectivity index (χ0) is 10.7. The van der Waals surface area contributed by atoms with Crippen molar-refractivity contribution in [2.45, 2.75) is 12.1 Å². The van der Waals surface area contributed by atoms with E-state index in [0.717, 1.165) is 0 Å². The molecule has 0 spiro atoms. The van der Waals surface area contributed by atoms with Gasteiger partial charge < -0.3 is 4.74 Å². The summed E-state index contributed by atoms with van der Waals surface area (Å²) in [7, 11) is 0. The summed E-state index contributed by atoms with van der Waals surface area (Å²) in [4.78, 5) is 10.1. The maximum absolute atomic E-state index is 12.0. The molecule has 0 bridgehead atoms. The topological polar surface area (TPSA) is 26.3 Å². The van der Waals surface area contributed by atoms with Gasteiger partial charge in [-0.25, -0.2) is 4.79 Å². The Kier molecular flexibility index (Phi) is 3.39. The standard InChI is InChI=1S/C6H5F5O2/c1-2-4(12)13-3-5(7,8)6(9,10)11/h2H,1,3H2. The number of ether oxygens (including phenoxy) is 1. The highest BCUT2D eigenvalue weighted by molar-refractivity contribution is 5.81. The van der Waals surface area contributed by atoms with Gasteiger partial charge in [-0.2, -0.15) is 22.0 Å². The summed E-state index contributed by atoms with van der Waals surface area (Å²) >= 11 is 0. The van der Waals surface area contributed by atoms with Gasteiger partial charge in [-0.05, 0) is 0 Å². The Balaban J connectivity index is 4.19. The molecule has 0 aliphatic heterocycles. The normalized spacial score (nSPS) is 12.4. The molecule has 0 aliphatic rings. The molecule has 0 aromatic rings. The van der Waals surface area contributed by atoms with E-state index in [1.807, 2.05) is 0 Å². The summed E-state index contributed by atoms with van der Waals surface area (Å²) in [6, 6.07) is 0. The molecule has 0 heterocycles. The zero-order valence-electron chi connectivity index (χ0n) is 6.20. The van der Waals surface area contributed by atoms with Gasteiger partial charge in [-0.15, -0.1) is 0 Å². The van der Waals surface area contributed by atoms with E-state index in [-0.39, 0.29) is 0 Å². The average molecular weight is 204 g/mol. The smallest absolute Gasteiger partial charge is 0.456 e. The summed E-state index contributed by atoms with van der Waals surface area (Å²) < 4.78 is 61.8. The van der Waals surface area contributed by atoms with Crippen LogP contribution in [-0.2, 0) is 9.53 Å². The first-order valence-corrected chi connectivity index (χ1v) is 2.94. The summed E-state index contributed by atoms with van der Waals surface area (Å²) in [5, 5.41) is 0. The van der Waals surface area contributed by atoms with Crippen molar-refractivity contribution < 1.29 is 31.5 Å². The van der Waals surface area contributed by atoms with Crippen LogP contribution in [0, 0.1) is 0 Å². The Labute approximate surface area is 70.0 Å². The van der Waals surface area contributed by atoms with Crippen molar-refractivity contribution in [1.82, 2.24) is 0 Å². The van der Waals surface area contributed by atoms with E-state index in [9.17, 15) is 26.7 Å². The van der Waals surface area contributed by atoms with E-state index in [0.29, 0.717) is 6.08 Å². The third-order valence-corrected chi connectivity index (χ3v) is 0.977. The summed E-state index contributed by atoms with van der Waals surface area (Å²) in [5.41, 5.74) is 0. The van der Waals surface area contributed by atoms with Gasteiger partial charge >= 0.3 is 18.1 Å². The van der Waals surface area contributed by atoms with Crippen LogP contribution in [0.15, 0.2) is 12.7 Å². The van der Waals surface area contributed by atoms with Crippen LogP contribution in [-0.4, -0.2) is 24.7 Å². The van der Waals surface area contributed by atoms with Crippen molar-refractivity contribution in [3.05, 3.63) is 12.7 Å². The maximum atomic E-state index is 12.0. The minimum absolute atomic E-state index is 0.493. The fraction of sp³-hybridized carbons (Fsp3) is 0.500. The number of esters is 1. The second-order valence-corrected chi connectivity index (χ2v) is 2.01. The highest BCUT2D eigenvalue weighted by atomic mass is 19.4. The van der Waals surface area contributed by atoms with Crippen molar-refractivity contribution in [2.24, 2.45) is 0 Å². The highest BCUT2D eigenvalue weighted by Crippen LogP contribution is 2.35. The molecule has 0 saturated carbocycles. The van der Waals surface area contributed by atoms with Gasteiger partial charge in [0.05, 0.1) is 0 Å². The lowest BCUT2D eigenvalue weighted by molar-refractivity contribution is -0.293. The minimum Gasteiger partial charge on any atom is -0.456 e. The van der Waals surface area contributed by atoms with Gasteiger partial charge in [0.25, 0.3) is 0 Å². The molecule has 0 fully saturated rings. The van der Waals surface area contributed by atoms with Gasteiger partial charge in [0, 0.05) is 6.08 Å². The monoisotopic (exact) mass is 204 g/mol. The molecular weight excluding hydrogens is 199 g/mol. The molecule has 13 heavy (non-hydrogen) atoms. The molecule has 76 valence electrons. The van der Waals surface area contributed by atoms with Gasteiger partial charge in [0.1, 0.15) is 0 Å². The zero-order valence-corrected chi connectivity index (χ0v) is 6.20. The third-order valence-electron chi connectivity index (χ3n) is 0.977. The van der Waals surface area contributed by atoms with E-state index in [2.05, 4.69) is 11.3 Å². The molecule has 0 N–H and O–H groups in total. The van der Waals surface area contributed by atoms with E-state index in [1.165, 1.54) is 0 Å². The third kappa shape index (κ3) is 3.39. The van der Waals surface area contributed by atoms with Crippen LogP contribution in [0.2, 0.25) is 0 Å². The van der Waals surface area contributed by atoms with Crippen molar-refractivity contribution in [3.8, 4) is 0 Å². The van der Waals surface area contributed by atoms with Crippen LogP contribution in [0.25, 0.3) is 0 Å². The van der Waals surface area contributed by atoms with Crippen LogP contribution >= 0.6 is 0 Å². The van der Waals surface area contributed by atoms with E-state index in [4.69, 9.17) is 0 Å². The fourth-order valence-corrected chi connectivity index (χ4v) is 0.303. The first-order valence-electron chi connectivity index (χ1n) is 2.94. The lowest BCUT2D eigenvalue weighted by atomic mass is 10.3. The van der Waals surface area contributed by atoms with Crippen molar-refractivity contribution in [1.29, 1.82) is 0 Å². The molecular formula is C6H5F5O2. The Morgan fingerprint density at radius 1 is 1.31 bits per heavy atom. The largest absolute Gasteiger partial charge is 0.456 e. The predicted molar refractivity (Wildman–Crippen MR) is 32.2 cm³/mol. The van der Waals surface area contributed by atoms with Crippen LogP contribution in [0.4, 0.5) is 22.0 Å². The summed E-state index contributed by atoms with van der Waals surface area (Å²) in [6.07, 6.45) is -5.22. The van der Waals surface area contributed by atoms with E-state index < -0.39 is 24.7 Å². The highest BCUT2D eigenvalue weighted by Gasteiger charge is 2.58. The molecule has 0 aromatic carbocycles. The minimum atomic E-state index is -5.71. The molecule has 0 unspecified atom stereocenters. The first-order chi connectivity index (χ1) is 5.70. The molecule has 0 radical (unpaired) electrons. The Hall–Kier alpha value is -1.14. The summed E-state index contributed by atoms with van der Waals surface area (Å²) in [6.45, 7) is 0.796. The van der Waals surface area contributed by atoms with Crippen LogP contribution in [0.3, 0.4) is 0 Å². The second-order valence-electron chi connectivity index (χ2n) is 2.01. The number of hydrogen-bond acceptors (Lipinski definition) is 2. The molecule has 0 aliphatic carbocycles. The lowest BCUT2D eigenvalue weighted by Gasteiger charge is -2.18. The van der Waals surface area contributed by atoms with E-state index in [1.54, 1.807) is 0 Å². The number of carbonyl (C=O) groups excluding carboxylic acids is 1. The molecule has 0 rings (SSSR count). The van der Waals surface area contributed by atoms with Crippen molar-refractivity contribution in [2.75, 3.05) is 6.61 Å². The van der Waals surface area contributed by atoms with Gasteiger partial charge in [0.2, 0.25) is 0 Å². The maximum Gasteiger partial charge on any atom is 0.456 e. The van der Waals surface area contributed by atoms with Crippen LogP contribution in [0.1, 0.15) is 0 Å². The number of alkyl halides is 5.